The molecule has 1 aliphatic rings. The zero-order valence-corrected chi connectivity index (χ0v) is 18.4. The van der Waals surface area contributed by atoms with Crippen LogP contribution in [0.1, 0.15) is 29.2 Å². The van der Waals surface area contributed by atoms with Crippen LogP contribution >= 0.6 is 11.3 Å². The highest BCUT2D eigenvalue weighted by molar-refractivity contribution is 7.11. The molecule has 1 unspecified atom stereocenters. The number of nitrogens with zero attached hydrogens (tertiary/aromatic N) is 2. The lowest BCUT2D eigenvalue weighted by atomic mass is 10.00. The molecule has 4 N–H and O–H groups in total. The number of hydrogen-bond donors (Lipinski definition) is 3. The summed E-state index contributed by atoms with van der Waals surface area (Å²) < 4.78 is 2.14. The minimum atomic E-state index is -0.294. The molecule has 1 atom stereocenters. The Balaban J connectivity index is 1.62. The molecule has 0 saturated heterocycles. The minimum Gasteiger partial charge on any atom is -0.399 e. The van der Waals surface area contributed by atoms with Gasteiger partial charge in [-0.05, 0) is 49.1 Å². The van der Waals surface area contributed by atoms with Crippen molar-refractivity contribution >= 4 is 39.5 Å². The summed E-state index contributed by atoms with van der Waals surface area (Å²) in [5.74, 6) is 0. The zero-order chi connectivity index (χ0) is 21.7. The SMILES string of the molecule is CC1=C(c2nc(-c3ccc(N)cc3C)cs2)C(c2cc3ccccc3n2C)NC(=O)N1. The summed E-state index contributed by atoms with van der Waals surface area (Å²) in [5.41, 5.74) is 13.6. The van der Waals surface area contributed by atoms with Crippen molar-refractivity contribution in [1.82, 2.24) is 20.2 Å². The summed E-state index contributed by atoms with van der Waals surface area (Å²) in [4.78, 5) is 17.3. The molecule has 0 saturated carbocycles. The Morgan fingerprint density at radius 1 is 1.13 bits per heavy atom. The van der Waals surface area contributed by atoms with Gasteiger partial charge in [0.05, 0.1) is 5.69 Å². The predicted octanol–water partition coefficient (Wildman–Crippen LogP) is 4.98. The molecule has 4 aromatic rings. The van der Waals surface area contributed by atoms with Crippen molar-refractivity contribution in [3.05, 3.63) is 75.9 Å². The van der Waals surface area contributed by atoms with Crippen LogP contribution in [0.4, 0.5) is 10.5 Å². The second-order valence-electron chi connectivity index (χ2n) is 7.87. The molecule has 7 heteroatoms. The van der Waals surface area contributed by atoms with Crippen molar-refractivity contribution in [3.63, 3.8) is 0 Å². The number of urea groups is 1. The standard InChI is InChI=1S/C24H23N5OS/c1-13-10-16(25)8-9-17(13)18-12-31-23(27-18)21-14(2)26-24(30)28-22(21)20-11-15-6-4-5-7-19(15)29(20)3/h4-12,22H,25H2,1-3H3,(H2,26,28,30). The third kappa shape index (κ3) is 3.27. The number of carbonyl (C=O) groups excluding carboxylic acids is 1. The molecule has 6 nitrogen and oxygen atoms in total. The molecule has 3 heterocycles. The van der Waals surface area contributed by atoms with Crippen molar-refractivity contribution < 1.29 is 4.79 Å². The first kappa shape index (κ1) is 19.4. The van der Waals surface area contributed by atoms with Crippen molar-refractivity contribution in [2.45, 2.75) is 19.9 Å². The third-order valence-corrected chi connectivity index (χ3v) is 6.69. The van der Waals surface area contributed by atoms with Gasteiger partial charge in [0.2, 0.25) is 0 Å². The number of nitrogens with two attached hydrogens (primary N) is 1. The molecule has 31 heavy (non-hydrogen) atoms. The van der Waals surface area contributed by atoms with Crippen LogP contribution in [0.5, 0.6) is 0 Å². The maximum absolute atomic E-state index is 12.4. The maximum Gasteiger partial charge on any atom is 0.319 e. The van der Waals surface area contributed by atoms with E-state index in [1.807, 2.05) is 51.2 Å². The summed E-state index contributed by atoms with van der Waals surface area (Å²) in [6, 6.07) is 15.7. The highest BCUT2D eigenvalue weighted by Crippen LogP contribution is 2.39. The number of para-hydroxylation sites is 1. The van der Waals surface area contributed by atoms with Gasteiger partial charge in [0, 0.05) is 46.2 Å². The summed E-state index contributed by atoms with van der Waals surface area (Å²) in [6.07, 6.45) is 0. The Morgan fingerprint density at radius 2 is 1.94 bits per heavy atom. The fourth-order valence-corrected chi connectivity index (χ4v) is 5.23. The molecular formula is C24H23N5OS. The van der Waals surface area contributed by atoms with Gasteiger partial charge in [-0.1, -0.05) is 24.3 Å². The topological polar surface area (TPSA) is 85.0 Å². The Hall–Kier alpha value is -3.58. The number of rotatable bonds is 3. The lowest BCUT2D eigenvalue weighted by molar-refractivity contribution is 0.240. The molecule has 0 aliphatic carbocycles. The molecule has 2 aromatic carbocycles. The van der Waals surface area contributed by atoms with E-state index in [1.54, 1.807) is 11.3 Å². The van der Waals surface area contributed by atoms with Crippen LogP contribution in [-0.2, 0) is 7.05 Å². The summed E-state index contributed by atoms with van der Waals surface area (Å²) in [6.45, 7) is 3.97. The second-order valence-corrected chi connectivity index (χ2v) is 8.73. The average Bonchev–Trinajstić information content (AvgIpc) is 3.33. The normalized spacial score (nSPS) is 16.5. The Morgan fingerprint density at radius 3 is 2.71 bits per heavy atom. The first-order chi connectivity index (χ1) is 14.9. The van der Waals surface area contributed by atoms with Gasteiger partial charge in [-0.3, -0.25) is 0 Å². The largest absolute Gasteiger partial charge is 0.399 e. The molecule has 2 amide bonds. The number of allylic oxidation sites excluding steroid dienone is 1. The first-order valence-corrected chi connectivity index (χ1v) is 11.0. The minimum absolute atomic E-state index is 0.206. The number of nitrogen functional groups attached to an aromatic ring is 1. The van der Waals surface area contributed by atoms with E-state index in [9.17, 15) is 4.79 Å². The van der Waals surface area contributed by atoms with Gasteiger partial charge >= 0.3 is 6.03 Å². The van der Waals surface area contributed by atoms with E-state index in [-0.39, 0.29) is 12.1 Å². The predicted molar refractivity (Wildman–Crippen MR) is 127 cm³/mol. The molecule has 0 radical (unpaired) electrons. The number of nitrogens with one attached hydrogen (secondary N) is 2. The number of hydrogen-bond acceptors (Lipinski definition) is 4. The smallest absolute Gasteiger partial charge is 0.319 e. The summed E-state index contributed by atoms with van der Waals surface area (Å²) >= 11 is 1.58. The molecule has 2 aromatic heterocycles. The van der Waals surface area contributed by atoms with Crippen molar-refractivity contribution in [2.24, 2.45) is 7.05 Å². The van der Waals surface area contributed by atoms with E-state index in [0.29, 0.717) is 0 Å². The van der Waals surface area contributed by atoms with Crippen molar-refractivity contribution in [3.8, 4) is 11.3 Å². The van der Waals surface area contributed by atoms with E-state index in [4.69, 9.17) is 10.7 Å². The van der Waals surface area contributed by atoms with Crippen molar-refractivity contribution in [2.75, 3.05) is 5.73 Å². The van der Waals surface area contributed by atoms with Crippen LogP contribution < -0.4 is 16.4 Å². The molecule has 1 aliphatic heterocycles. The number of benzene rings is 2. The van der Waals surface area contributed by atoms with E-state index in [2.05, 4.69) is 38.8 Å². The van der Waals surface area contributed by atoms with Crippen molar-refractivity contribution in [1.29, 1.82) is 0 Å². The Labute approximate surface area is 184 Å². The fourth-order valence-electron chi connectivity index (χ4n) is 4.28. The van der Waals surface area contributed by atoms with Gasteiger partial charge in [-0.15, -0.1) is 11.3 Å². The maximum atomic E-state index is 12.4. The first-order valence-electron chi connectivity index (χ1n) is 10.1. The highest BCUT2D eigenvalue weighted by Gasteiger charge is 2.31. The van der Waals surface area contributed by atoms with Crippen LogP contribution in [-0.4, -0.2) is 15.6 Å². The monoisotopic (exact) mass is 429 g/mol. The van der Waals surface area contributed by atoms with E-state index >= 15 is 0 Å². The molecule has 156 valence electrons. The van der Waals surface area contributed by atoms with Crippen LogP contribution in [0.15, 0.2) is 59.6 Å². The summed E-state index contributed by atoms with van der Waals surface area (Å²) in [5, 5.41) is 10.1. The van der Waals surface area contributed by atoms with Gasteiger partial charge < -0.3 is 20.9 Å². The van der Waals surface area contributed by atoms with Crippen LogP contribution in [0.3, 0.4) is 0 Å². The molecule has 0 spiro atoms. The van der Waals surface area contributed by atoms with Crippen LogP contribution in [0, 0.1) is 6.92 Å². The van der Waals surface area contributed by atoms with E-state index in [0.717, 1.165) is 55.4 Å². The van der Waals surface area contributed by atoms with Gasteiger partial charge in [-0.2, -0.15) is 0 Å². The zero-order valence-electron chi connectivity index (χ0n) is 17.6. The highest BCUT2D eigenvalue weighted by atomic mass is 32.1. The third-order valence-electron chi connectivity index (χ3n) is 5.81. The number of aromatic nitrogens is 2. The fraction of sp³-hybridized carbons (Fsp3) is 0.167. The van der Waals surface area contributed by atoms with E-state index < -0.39 is 0 Å². The van der Waals surface area contributed by atoms with Crippen LogP contribution in [0.2, 0.25) is 0 Å². The summed E-state index contributed by atoms with van der Waals surface area (Å²) in [7, 11) is 2.03. The van der Waals surface area contributed by atoms with Crippen LogP contribution in [0.25, 0.3) is 27.7 Å². The number of amides is 2. The van der Waals surface area contributed by atoms with Gasteiger partial charge in [0.15, 0.2) is 0 Å². The number of carbonyl (C=O) groups is 1. The van der Waals surface area contributed by atoms with Gasteiger partial charge in [0.25, 0.3) is 0 Å². The number of aryl methyl sites for hydroxylation is 2. The van der Waals surface area contributed by atoms with Gasteiger partial charge in [-0.25, -0.2) is 9.78 Å². The number of thiazole rings is 1. The molecule has 5 rings (SSSR count). The Bertz CT molecular complexity index is 1360. The lowest BCUT2D eigenvalue weighted by Gasteiger charge is -2.28. The quantitative estimate of drug-likeness (QED) is 0.402. The number of anilines is 1. The van der Waals surface area contributed by atoms with E-state index in [1.165, 1.54) is 0 Å². The average molecular weight is 430 g/mol. The molecule has 0 bridgehead atoms. The number of fused-ring (bicyclic) bond motifs is 1. The lowest BCUT2D eigenvalue weighted by Crippen LogP contribution is -2.43. The van der Waals surface area contributed by atoms with Gasteiger partial charge in [0.1, 0.15) is 11.0 Å². The Kier molecular flexibility index (Phi) is 4.55. The second kappa shape index (κ2) is 7.28. The molecular weight excluding hydrogens is 406 g/mol. The molecule has 0 fully saturated rings.